The van der Waals surface area contributed by atoms with Crippen molar-refractivity contribution >= 4 is 5.91 Å². The zero-order chi connectivity index (χ0) is 12.8. The molecule has 1 amide bonds. The Labute approximate surface area is 115 Å². The van der Waals surface area contributed by atoms with Gasteiger partial charge in [-0.25, -0.2) is 0 Å². The quantitative estimate of drug-likeness (QED) is 0.786. The lowest BCUT2D eigenvalue weighted by Crippen LogP contribution is -2.40. The molecule has 3 heterocycles. The van der Waals surface area contributed by atoms with Crippen molar-refractivity contribution < 1.29 is 4.79 Å². The first-order valence-corrected chi connectivity index (χ1v) is 8.07. The average Bonchev–Trinajstić information content (AvgIpc) is 2.89. The number of rotatable bonds is 4. The van der Waals surface area contributed by atoms with Gasteiger partial charge in [-0.1, -0.05) is 0 Å². The van der Waals surface area contributed by atoms with Crippen LogP contribution < -0.4 is 10.6 Å². The maximum absolute atomic E-state index is 12.3. The van der Waals surface area contributed by atoms with Crippen molar-refractivity contribution in [2.45, 2.75) is 56.7 Å². The molecule has 4 aliphatic rings. The van der Waals surface area contributed by atoms with Crippen molar-refractivity contribution in [1.82, 2.24) is 15.5 Å². The standard InChI is InChI=1S/C15H25N3O/c19-15(13-7-11-1-4-14(13)17-11)16-8-10-5-6-18(9-10)12-2-3-12/h10-14,17H,1-9H2,(H,16,19). The molecule has 4 rings (SSSR count). The molecule has 106 valence electrons. The first-order chi connectivity index (χ1) is 9.29. The van der Waals surface area contributed by atoms with Crippen LogP contribution in [0.3, 0.4) is 0 Å². The van der Waals surface area contributed by atoms with Crippen LogP contribution in [0.15, 0.2) is 0 Å². The maximum atomic E-state index is 12.3. The minimum Gasteiger partial charge on any atom is -0.355 e. The van der Waals surface area contributed by atoms with E-state index in [1.807, 2.05) is 0 Å². The van der Waals surface area contributed by atoms with E-state index in [1.54, 1.807) is 0 Å². The van der Waals surface area contributed by atoms with Crippen LogP contribution in [0.5, 0.6) is 0 Å². The third-order valence-corrected chi connectivity index (χ3v) is 5.58. The molecule has 0 aromatic heterocycles. The third-order valence-electron chi connectivity index (χ3n) is 5.58. The molecule has 0 aromatic rings. The smallest absolute Gasteiger partial charge is 0.224 e. The predicted molar refractivity (Wildman–Crippen MR) is 73.8 cm³/mol. The van der Waals surface area contributed by atoms with Crippen LogP contribution in [0.2, 0.25) is 0 Å². The Kier molecular flexibility index (Phi) is 3.03. The van der Waals surface area contributed by atoms with Crippen LogP contribution in [0.25, 0.3) is 0 Å². The molecule has 19 heavy (non-hydrogen) atoms. The highest BCUT2D eigenvalue weighted by Gasteiger charge is 2.43. The number of hydrogen-bond donors (Lipinski definition) is 2. The van der Waals surface area contributed by atoms with Crippen LogP contribution in [-0.2, 0) is 4.79 Å². The summed E-state index contributed by atoms with van der Waals surface area (Å²) in [6.07, 6.45) is 7.60. The monoisotopic (exact) mass is 263 g/mol. The zero-order valence-corrected chi connectivity index (χ0v) is 11.6. The van der Waals surface area contributed by atoms with Crippen molar-refractivity contribution in [3.05, 3.63) is 0 Å². The van der Waals surface area contributed by atoms with E-state index in [4.69, 9.17) is 0 Å². The molecular weight excluding hydrogens is 238 g/mol. The normalized spacial score (nSPS) is 41.9. The Bertz CT molecular complexity index is 368. The summed E-state index contributed by atoms with van der Waals surface area (Å²) in [6, 6.07) is 1.98. The Hall–Kier alpha value is -0.610. The number of carbonyl (C=O) groups excluding carboxylic acids is 1. The third kappa shape index (κ3) is 2.40. The Morgan fingerprint density at radius 2 is 2.11 bits per heavy atom. The number of nitrogens with zero attached hydrogens (tertiary/aromatic N) is 1. The van der Waals surface area contributed by atoms with E-state index in [-0.39, 0.29) is 5.92 Å². The lowest BCUT2D eigenvalue weighted by molar-refractivity contribution is -0.125. The van der Waals surface area contributed by atoms with Crippen molar-refractivity contribution in [3.63, 3.8) is 0 Å². The topological polar surface area (TPSA) is 44.4 Å². The molecule has 0 radical (unpaired) electrons. The summed E-state index contributed by atoms with van der Waals surface area (Å²) in [5.74, 6) is 1.25. The number of likely N-dealkylation sites (tertiary alicyclic amines) is 1. The highest BCUT2D eigenvalue weighted by atomic mass is 16.1. The SMILES string of the molecule is O=C(NCC1CCN(C2CC2)C1)C1CC2CCC1N2. The molecular formula is C15H25N3O. The fourth-order valence-electron chi connectivity index (χ4n) is 4.29. The summed E-state index contributed by atoms with van der Waals surface area (Å²) in [4.78, 5) is 14.9. The molecule has 4 fully saturated rings. The molecule has 1 saturated carbocycles. The Morgan fingerprint density at radius 1 is 1.21 bits per heavy atom. The van der Waals surface area contributed by atoms with E-state index >= 15 is 0 Å². The minimum absolute atomic E-state index is 0.250. The first kappa shape index (κ1) is 12.2. The van der Waals surface area contributed by atoms with Crippen LogP contribution in [0.4, 0.5) is 0 Å². The molecule has 4 nitrogen and oxygen atoms in total. The largest absolute Gasteiger partial charge is 0.355 e. The molecule has 4 unspecified atom stereocenters. The van der Waals surface area contributed by atoms with Crippen LogP contribution >= 0.6 is 0 Å². The molecule has 4 atom stereocenters. The molecule has 3 saturated heterocycles. The lowest BCUT2D eigenvalue weighted by Gasteiger charge is -2.21. The summed E-state index contributed by atoms with van der Waals surface area (Å²) < 4.78 is 0. The van der Waals surface area contributed by atoms with E-state index in [2.05, 4.69) is 15.5 Å². The molecule has 0 aromatic carbocycles. The molecule has 2 N–H and O–H groups in total. The minimum atomic E-state index is 0.250. The maximum Gasteiger partial charge on any atom is 0.224 e. The van der Waals surface area contributed by atoms with Gasteiger partial charge in [0.2, 0.25) is 5.91 Å². The summed E-state index contributed by atoms with van der Waals surface area (Å²) >= 11 is 0. The van der Waals surface area contributed by atoms with Crippen molar-refractivity contribution in [2.24, 2.45) is 11.8 Å². The summed E-state index contributed by atoms with van der Waals surface area (Å²) in [5, 5.41) is 6.77. The van der Waals surface area contributed by atoms with Crippen LogP contribution in [0, 0.1) is 11.8 Å². The first-order valence-electron chi connectivity index (χ1n) is 8.07. The molecule has 3 aliphatic heterocycles. The van der Waals surface area contributed by atoms with E-state index in [1.165, 1.54) is 45.2 Å². The van der Waals surface area contributed by atoms with Crippen molar-refractivity contribution in [2.75, 3.05) is 19.6 Å². The van der Waals surface area contributed by atoms with Crippen molar-refractivity contribution in [3.8, 4) is 0 Å². The Balaban J connectivity index is 1.23. The number of carbonyl (C=O) groups is 1. The van der Waals surface area contributed by atoms with Gasteiger partial charge in [-0.05, 0) is 51.0 Å². The summed E-state index contributed by atoms with van der Waals surface area (Å²) in [6.45, 7) is 3.36. The predicted octanol–water partition coefficient (Wildman–Crippen LogP) is 0.727. The van der Waals surface area contributed by atoms with E-state index in [9.17, 15) is 4.79 Å². The van der Waals surface area contributed by atoms with E-state index < -0.39 is 0 Å². The number of hydrogen-bond acceptors (Lipinski definition) is 3. The second kappa shape index (κ2) is 4.74. The van der Waals surface area contributed by atoms with Gasteiger partial charge in [0.25, 0.3) is 0 Å². The highest BCUT2D eigenvalue weighted by molar-refractivity contribution is 5.80. The van der Waals surface area contributed by atoms with Gasteiger partial charge in [-0.2, -0.15) is 0 Å². The van der Waals surface area contributed by atoms with Gasteiger partial charge in [-0.15, -0.1) is 0 Å². The van der Waals surface area contributed by atoms with E-state index in [0.717, 1.165) is 19.0 Å². The molecule has 4 heteroatoms. The highest BCUT2D eigenvalue weighted by Crippen LogP contribution is 2.34. The van der Waals surface area contributed by atoms with Gasteiger partial charge < -0.3 is 15.5 Å². The molecule has 0 spiro atoms. The van der Waals surface area contributed by atoms with Gasteiger partial charge in [-0.3, -0.25) is 4.79 Å². The van der Waals surface area contributed by atoms with Gasteiger partial charge in [0, 0.05) is 31.2 Å². The van der Waals surface area contributed by atoms with Gasteiger partial charge in [0.1, 0.15) is 0 Å². The van der Waals surface area contributed by atoms with E-state index in [0.29, 0.717) is 23.9 Å². The number of amides is 1. The number of nitrogens with one attached hydrogen (secondary N) is 2. The second-order valence-corrected chi connectivity index (χ2v) is 7.02. The van der Waals surface area contributed by atoms with Gasteiger partial charge in [0.05, 0.1) is 5.92 Å². The fraction of sp³-hybridized carbons (Fsp3) is 0.933. The van der Waals surface area contributed by atoms with Crippen molar-refractivity contribution in [1.29, 1.82) is 0 Å². The van der Waals surface area contributed by atoms with Crippen LogP contribution in [0.1, 0.15) is 38.5 Å². The van der Waals surface area contributed by atoms with Gasteiger partial charge in [0.15, 0.2) is 0 Å². The second-order valence-electron chi connectivity index (χ2n) is 7.02. The fourth-order valence-corrected chi connectivity index (χ4v) is 4.29. The number of fused-ring (bicyclic) bond motifs is 2. The molecule has 2 bridgehead atoms. The average molecular weight is 263 g/mol. The summed E-state index contributed by atoms with van der Waals surface area (Å²) in [7, 11) is 0. The van der Waals surface area contributed by atoms with Gasteiger partial charge >= 0.3 is 0 Å². The lowest BCUT2D eigenvalue weighted by atomic mass is 9.88. The zero-order valence-electron chi connectivity index (χ0n) is 11.6. The molecule has 1 aliphatic carbocycles. The summed E-state index contributed by atoms with van der Waals surface area (Å²) in [5.41, 5.74) is 0. The van der Waals surface area contributed by atoms with Crippen LogP contribution in [-0.4, -0.2) is 48.6 Å². The Morgan fingerprint density at radius 3 is 2.79 bits per heavy atom.